The van der Waals surface area contributed by atoms with E-state index < -0.39 is 5.97 Å². The van der Waals surface area contributed by atoms with Crippen LogP contribution in [0.1, 0.15) is 13.3 Å². The molecule has 0 aromatic heterocycles. The van der Waals surface area contributed by atoms with Gasteiger partial charge in [0.1, 0.15) is 6.61 Å². The lowest BCUT2D eigenvalue weighted by molar-refractivity contribution is -0.139. The highest BCUT2D eigenvalue weighted by Gasteiger charge is 2.27. The molecule has 15 heavy (non-hydrogen) atoms. The molecule has 0 aromatic rings. The minimum absolute atomic E-state index is 0.0450. The van der Waals surface area contributed by atoms with Crippen molar-refractivity contribution in [3.05, 3.63) is 12.7 Å². The number of rotatable bonds is 5. The highest BCUT2D eigenvalue weighted by molar-refractivity contribution is 5.81. The van der Waals surface area contributed by atoms with Gasteiger partial charge in [-0.25, -0.2) is 9.59 Å². The van der Waals surface area contributed by atoms with Crippen LogP contribution in [0, 0.1) is 0 Å². The number of hydrogen-bond donors (Lipinski definition) is 1. The molecule has 1 N–H and O–H groups in total. The summed E-state index contributed by atoms with van der Waals surface area (Å²) >= 11 is 0. The van der Waals surface area contributed by atoms with Gasteiger partial charge < -0.3 is 15.0 Å². The lowest BCUT2D eigenvalue weighted by atomic mass is 10.2. The second-order valence-corrected chi connectivity index (χ2v) is 3.32. The molecule has 0 bridgehead atoms. The molecule has 1 rings (SSSR count). The van der Waals surface area contributed by atoms with Gasteiger partial charge >= 0.3 is 12.0 Å². The van der Waals surface area contributed by atoms with Gasteiger partial charge in [-0.2, -0.15) is 0 Å². The Kier molecular flexibility index (Phi) is 4.15. The normalized spacial score (nSPS) is 17.1. The monoisotopic (exact) mass is 212 g/mol. The van der Waals surface area contributed by atoms with E-state index in [1.807, 2.05) is 6.92 Å². The van der Waals surface area contributed by atoms with E-state index >= 15 is 0 Å². The first-order chi connectivity index (χ1) is 7.19. The SMILES string of the molecule is C=CC(=O)OCC(CC)N1CCNC1=O. The number of carbonyl (C=O) groups excluding carboxylic acids is 2. The van der Waals surface area contributed by atoms with Gasteiger partial charge in [0.15, 0.2) is 0 Å². The van der Waals surface area contributed by atoms with E-state index in [-0.39, 0.29) is 18.7 Å². The lowest BCUT2D eigenvalue weighted by Gasteiger charge is -2.24. The molecule has 1 aliphatic rings. The first kappa shape index (κ1) is 11.6. The van der Waals surface area contributed by atoms with Crippen molar-refractivity contribution in [2.45, 2.75) is 19.4 Å². The number of amides is 2. The summed E-state index contributed by atoms with van der Waals surface area (Å²) in [6.45, 7) is 6.82. The number of nitrogens with zero attached hydrogens (tertiary/aromatic N) is 1. The number of carbonyl (C=O) groups is 2. The van der Waals surface area contributed by atoms with E-state index in [0.29, 0.717) is 13.1 Å². The van der Waals surface area contributed by atoms with Crippen LogP contribution in [-0.4, -0.2) is 42.6 Å². The largest absolute Gasteiger partial charge is 0.460 e. The Labute approximate surface area is 89.1 Å². The molecular weight excluding hydrogens is 196 g/mol. The first-order valence-corrected chi connectivity index (χ1v) is 5.02. The van der Waals surface area contributed by atoms with Crippen molar-refractivity contribution in [1.29, 1.82) is 0 Å². The molecule has 1 atom stereocenters. The number of esters is 1. The number of ether oxygens (including phenoxy) is 1. The molecular formula is C10H16N2O3. The molecule has 0 saturated carbocycles. The molecule has 84 valence electrons. The van der Waals surface area contributed by atoms with Crippen LogP contribution in [-0.2, 0) is 9.53 Å². The topological polar surface area (TPSA) is 58.6 Å². The minimum atomic E-state index is -0.451. The molecule has 1 saturated heterocycles. The zero-order chi connectivity index (χ0) is 11.3. The maximum absolute atomic E-state index is 11.3. The van der Waals surface area contributed by atoms with E-state index in [0.717, 1.165) is 12.5 Å². The van der Waals surface area contributed by atoms with Crippen molar-refractivity contribution in [2.24, 2.45) is 0 Å². The molecule has 0 spiro atoms. The van der Waals surface area contributed by atoms with Crippen LogP contribution in [0.25, 0.3) is 0 Å². The van der Waals surface area contributed by atoms with E-state index in [2.05, 4.69) is 11.9 Å². The highest BCUT2D eigenvalue weighted by atomic mass is 16.5. The Balaban J connectivity index is 2.44. The van der Waals surface area contributed by atoms with E-state index in [1.165, 1.54) is 0 Å². The Hall–Kier alpha value is -1.52. The molecule has 1 unspecified atom stereocenters. The quantitative estimate of drug-likeness (QED) is 0.534. The van der Waals surface area contributed by atoms with Gasteiger partial charge in [0.2, 0.25) is 0 Å². The molecule has 2 amide bonds. The predicted octanol–water partition coefficient (Wildman–Crippen LogP) is 0.519. The maximum Gasteiger partial charge on any atom is 0.330 e. The fourth-order valence-electron chi connectivity index (χ4n) is 1.50. The summed E-state index contributed by atoms with van der Waals surface area (Å²) in [6, 6.07) is -0.132. The second-order valence-electron chi connectivity index (χ2n) is 3.32. The van der Waals surface area contributed by atoms with Gasteiger partial charge in [0.05, 0.1) is 6.04 Å². The number of urea groups is 1. The summed E-state index contributed by atoms with van der Waals surface area (Å²) in [6.07, 6.45) is 1.88. The summed E-state index contributed by atoms with van der Waals surface area (Å²) in [7, 11) is 0. The van der Waals surface area contributed by atoms with Gasteiger partial charge in [0, 0.05) is 19.2 Å². The van der Waals surface area contributed by atoms with Gasteiger partial charge in [-0.3, -0.25) is 0 Å². The fourth-order valence-corrected chi connectivity index (χ4v) is 1.50. The van der Waals surface area contributed by atoms with Crippen LogP contribution in [0.5, 0.6) is 0 Å². The zero-order valence-electron chi connectivity index (χ0n) is 8.86. The highest BCUT2D eigenvalue weighted by Crippen LogP contribution is 2.08. The van der Waals surface area contributed by atoms with E-state index in [4.69, 9.17) is 4.74 Å². The van der Waals surface area contributed by atoms with Crippen molar-refractivity contribution >= 4 is 12.0 Å². The molecule has 0 aromatic carbocycles. The molecule has 1 aliphatic heterocycles. The van der Waals surface area contributed by atoms with Crippen molar-refractivity contribution < 1.29 is 14.3 Å². The number of nitrogens with one attached hydrogen (secondary N) is 1. The smallest absolute Gasteiger partial charge is 0.330 e. The average molecular weight is 212 g/mol. The standard InChI is InChI=1S/C10H16N2O3/c1-3-8(7-15-9(13)4-2)12-6-5-11-10(12)14/h4,8H,2-3,5-7H2,1H3,(H,11,14). The molecule has 0 radical (unpaired) electrons. The molecule has 1 heterocycles. The number of hydrogen-bond acceptors (Lipinski definition) is 3. The molecule has 1 fully saturated rings. The van der Waals surface area contributed by atoms with Crippen LogP contribution in [0.4, 0.5) is 4.79 Å². The Morgan fingerprint density at radius 2 is 2.53 bits per heavy atom. The Bertz CT molecular complexity index is 265. The summed E-state index contributed by atoms with van der Waals surface area (Å²) in [4.78, 5) is 23.9. The zero-order valence-corrected chi connectivity index (χ0v) is 8.86. The third-order valence-corrected chi connectivity index (χ3v) is 2.39. The Morgan fingerprint density at radius 3 is 3.00 bits per heavy atom. The molecule has 0 aliphatic carbocycles. The maximum atomic E-state index is 11.3. The van der Waals surface area contributed by atoms with Crippen molar-refractivity contribution in [1.82, 2.24) is 10.2 Å². The second kappa shape index (κ2) is 5.38. The van der Waals surface area contributed by atoms with Crippen LogP contribution in [0.15, 0.2) is 12.7 Å². The van der Waals surface area contributed by atoms with Gasteiger partial charge in [-0.1, -0.05) is 13.5 Å². The third-order valence-electron chi connectivity index (χ3n) is 2.39. The summed E-state index contributed by atoms with van der Waals surface area (Å²) in [5, 5.41) is 2.71. The van der Waals surface area contributed by atoms with Crippen molar-refractivity contribution in [3.63, 3.8) is 0 Å². The minimum Gasteiger partial charge on any atom is -0.460 e. The Morgan fingerprint density at radius 1 is 1.80 bits per heavy atom. The van der Waals surface area contributed by atoms with Crippen molar-refractivity contribution in [3.8, 4) is 0 Å². The van der Waals surface area contributed by atoms with Crippen LogP contribution in [0.3, 0.4) is 0 Å². The third kappa shape index (κ3) is 2.97. The average Bonchev–Trinajstić information content (AvgIpc) is 2.65. The van der Waals surface area contributed by atoms with Gasteiger partial charge in [-0.15, -0.1) is 0 Å². The summed E-state index contributed by atoms with van der Waals surface area (Å²) in [5.74, 6) is -0.451. The summed E-state index contributed by atoms with van der Waals surface area (Å²) in [5.41, 5.74) is 0. The lowest BCUT2D eigenvalue weighted by Crippen LogP contribution is -2.40. The molecule has 5 nitrogen and oxygen atoms in total. The summed E-state index contributed by atoms with van der Waals surface area (Å²) < 4.78 is 4.93. The fraction of sp³-hybridized carbons (Fsp3) is 0.600. The molecule has 5 heteroatoms. The predicted molar refractivity (Wildman–Crippen MR) is 55.3 cm³/mol. The van der Waals surface area contributed by atoms with Gasteiger partial charge in [0.25, 0.3) is 0 Å². The van der Waals surface area contributed by atoms with Crippen LogP contribution >= 0.6 is 0 Å². The van der Waals surface area contributed by atoms with E-state index in [9.17, 15) is 9.59 Å². The van der Waals surface area contributed by atoms with Gasteiger partial charge in [-0.05, 0) is 6.42 Å². The first-order valence-electron chi connectivity index (χ1n) is 5.02. The van der Waals surface area contributed by atoms with Crippen LogP contribution < -0.4 is 5.32 Å². The van der Waals surface area contributed by atoms with Crippen LogP contribution in [0.2, 0.25) is 0 Å². The van der Waals surface area contributed by atoms with E-state index in [1.54, 1.807) is 4.90 Å². The van der Waals surface area contributed by atoms with Crippen molar-refractivity contribution in [2.75, 3.05) is 19.7 Å².